The summed E-state index contributed by atoms with van der Waals surface area (Å²) < 4.78 is 27.0. The number of halogens is 2. The van der Waals surface area contributed by atoms with E-state index in [4.69, 9.17) is 0 Å². The van der Waals surface area contributed by atoms with Crippen LogP contribution in [0.2, 0.25) is 0 Å². The number of benzene rings is 2. The molecule has 0 aliphatic rings. The van der Waals surface area contributed by atoms with E-state index >= 15 is 0 Å². The second-order valence-electron chi connectivity index (χ2n) is 4.84. The average molecular weight is 275 g/mol. The summed E-state index contributed by atoms with van der Waals surface area (Å²) in [5.41, 5.74) is 1.39. The molecule has 0 aliphatic heterocycles. The Labute approximate surface area is 118 Å². The van der Waals surface area contributed by atoms with Crippen LogP contribution >= 0.6 is 0 Å². The fourth-order valence-corrected chi connectivity index (χ4v) is 2.42. The average Bonchev–Trinajstić information content (AvgIpc) is 2.47. The van der Waals surface area contributed by atoms with Gasteiger partial charge in [0.05, 0.1) is 0 Å². The first-order valence-corrected chi connectivity index (χ1v) is 6.87. The molecule has 20 heavy (non-hydrogen) atoms. The molecule has 2 rings (SSSR count). The second kappa shape index (κ2) is 7.15. The molecule has 0 fully saturated rings. The molecule has 0 spiro atoms. The van der Waals surface area contributed by atoms with Gasteiger partial charge in [0, 0.05) is 11.6 Å². The molecule has 106 valence electrons. The maximum Gasteiger partial charge on any atom is 0.129 e. The Morgan fingerprint density at radius 1 is 0.950 bits per heavy atom. The van der Waals surface area contributed by atoms with Crippen molar-refractivity contribution in [2.45, 2.75) is 25.3 Å². The first-order valence-electron chi connectivity index (χ1n) is 6.87. The Morgan fingerprint density at radius 3 is 2.20 bits per heavy atom. The minimum absolute atomic E-state index is 0.190. The van der Waals surface area contributed by atoms with Crippen LogP contribution in [0.3, 0.4) is 0 Å². The van der Waals surface area contributed by atoms with E-state index in [9.17, 15) is 8.78 Å². The van der Waals surface area contributed by atoms with E-state index < -0.39 is 11.6 Å². The molecule has 0 radical (unpaired) electrons. The number of hydrogen-bond acceptors (Lipinski definition) is 1. The first kappa shape index (κ1) is 14.7. The highest BCUT2D eigenvalue weighted by atomic mass is 19.1. The van der Waals surface area contributed by atoms with Crippen molar-refractivity contribution in [3.8, 4) is 0 Å². The zero-order valence-corrected chi connectivity index (χ0v) is 11.6. The minimum Gasteiger partial charge on any atom is -0.313 e. The van der Waals surface area contributed by atoms with Gasteiger partial charge in [-0.05, 0) is 44.0 Å². The molecule has 0 amide bonds. The lowest BCUT2D eigenvalue weighted by molar-refractivity contribution is 0.505. The molecule has 0 aromatic heterocycles. The summed E-state index contributed by atoms with van der Waals surface area (Å²) in [6.45, 7) is 0. The summed E-state index contributed by atoms with van der Waals surface area (Å²) in [6.07, 6.45) is 2.00. The van der Waals surface area contributed by atoms with Gasteiger partial charge in [0.2, 0.25) is 0 Å². The van der Waals surface area contributed by atoms with Gasteiger partial charge in [-0.25, -0.2) is 8.78 Å². The van der Waals surface area contributed by atoms with E-state index in [2.05, 4.69) is 17.4 Å². The zero-order chi connectivity index (χ0) is 14.4. The third kappa shape index (κ3) is 3.64. The van der Waals surface area contributed by atoms with Crippen molar-refractivity contribution in [3.05, 3.63) is 71.3 Å². The normalized spacial score (nSPS) is 12.3. The fourth-order valence-electron chi connectivity index (χ4n) is 2.42. The Kier molecular flexibility index (Phi) is 5.24. The topological polar surface area (TPSA) is 12.0 Å². The summed E-state index contributed by atoms with van der Waals surface area (Å²) in [5.74, 6) is -0.906. The smallest absolute Gasteiger partial charge is 0.129 e. The quantitative estimate of drug-likeness (QED) is 0.831. The number of hydrogen-bond donors (Lipinski definition) is 1. The highest BCUT2D eigenvalue weighted by Crippen LogP contribution is 2.21. The molecule has 2 aromatic rings. The summed E-state index contributed by atoms with van der Waals surface area (Å²) in [5, 5.41) is 3.25. The summed E-state index contributed by atoms with van der Waals surface area (Å²) in [7, 11) is 1.90. The highest BCUT2D eigenvalue weighted by Gasteiger charge is 2.11. The molecule has 0 aliphatic carbocycles. The van der Waals surface area contributed by atoms with Gasteiger partial charge < -0.3 is 5.32 Å². The third-order valence-electron chi connectivity index (χ3n) is 3.53. The molecule has 2 aromatic carbocycles. The van der Waals surface area contributed by atoms with E-state index in [1.54, 1.807) is 0 Å². The van der Waals surface area contributed by atoms with Gasteiger partial charge in [-0.3, -0.25) is 0 Å². The second-order valence-corrected chi connectivity index (χ2v) is 4.84. The lowest BCUT2D eigenvalue weighted by Crippen LogP contribution is -2.16. The Morgan fingerprint density at radius 2 is 1.60 bits per heavy atom. The van der Waals surface area contributed by atoms with E-state index in [1.807, 2.05) is 25.2 Å². The van der Waals surface area contributed by atoms with Gasteiger partial charge in [-0.2, -0.15) is 0 Å². The fraction of sp³-hybridized carbons (Fsp3) is 0.294. The van der Waals surface area contributed by atoms with Crippen molar-refractivity contribution in [1.29, 1.82) is 0 Å². The van der Waals surface area contributed by atoms with Crippen molar-refractivity contribution in [1.82, 2.24) is 5.32 Å². The van der Waals surface area contributed by atoms with Crippen LogP contribution < -0.4 is 5.32 Å². The Balaban J connectivity index is 1.95. The van der Waals surface area contributed by atoms with Crippen LogP contribution in [0.1, 0.15) is 30.0 Å². The van der Waals surface area contributed by atoms with Crippen LogP contribution in [0.5, 0.6) is 0 Å². The summed E-state index contributed by atoms with van der Waals surface area (Å²) in [6, 6.07) is 14.3. The zero-order valence-electron chi connectivity index (χ0n) is 11.6. The van der Waals surface area contributed by atoms with Gasteiger partial charge in [0.15, 0.2) is 0 Å². The predicted octanol–water partition coefficient (Wildman–Crippen LogP) is 4.25. The third-order valence-corrected chi connectivity index (χ3v) is 3.53. The lowest BCUT2D eigenvalue weighted by Gasteiger charge is -2.16. The lowest BCUT2D eigenvalue weighted by atomic mass is 9.99. The first-order chi connectivity index (χ1) is 9.72. The molecular weight excluding hydrogens is 256 g/mol. The van der Waals surface area contributed by atoms with Gasteiger partial charge in [0.1, 0.15) is 11.6 Å². The van der Waals surface area contributed by atoms with E-state index in [0.717, 1.165) is 12.8 Å². The van der Waals surface area contributed by atoms with Gasteiger partial charge >= 0.3 is 0 Å². The van der Waals surface area contributed by atoms with Crippen molar-refractivity contribution < 1.29 is 8.78 Å². The van der Waals surface area contributed by atoms with E-state index in [-0.39, 0.29) is 11.6 Å². The Bertz CT molecular complexity index is 520. The van der Waals surface area contributed by atoms with Gasteiger partial charge in [-0.1, -0.05) is 36.4 Å². The van der Waals surface area contributed by atoms with Gasteiger partial charge in [0.25, 0.3) is 0 Å². The molecular formula is C17H19F2N. The molecule has 1 nitrogen and oxygen atoms in total. The molecule has 1 unspecified atom stereocenters. The monoisotopic (exact) mass is 275 g/mol. The molecule has 0 saturated heterocycles. The van der Waals surface area contributed by atoms with Crippen LogP contribution in [0.25, 0.3) is 0 Å². The molecule has 0 bridgehead atoms. The number of rotatable bonds is 6. The minimum atomic E-state index is -0.453. The largest absolute Gasteiger partial charge is 0.313 e. The highest BCUT2D eigenvalue weighted by molar-refractivity contribution is 5.21. The number of nitrogens with one attached hydrogen (secondary N) is 1. The van der Waals surface area contributed by atoms with Crippen molar-refractivity contribution in [2.75, 3.05) is 7.05 Å². The van der Waals surface area contributed by atoms with Crippen LogP contribution in [0.15, 0.2) is 48.5 Å². The predicted molar refractivity (Wildman–Crippen MR) is 77.5 cm³/mol. The maximum absolute atomic E-state index is 13.5. The molecule has 0 heterocycles. The molecule has 0 saturated carbocycles. The van der Waals surface area contributed by atoms with E-state index in [0.29, 0.717) is 6.42 Å². The van der Waals surface area contributed by atoms with Crippen LogP contribution in [-0.4, -0.2) is 7.05 Å². The molecule has 3 heteroatoms. The maximum atomic E-state index is 13.5. The summed E-state index contributed by atoms with van der Waals surface area (Å²) in [4.78, 5) is 0. The Hall–Kier alpha value is -1.74. The van der Waals surface area contributed by atoms with E-state index in [1.165, 1.54) is 23.8 Å². The summed E-state index contributed by atoms with van der Waals surface area (Å²) >= 11 is 0. The standard InChI is InChI=1S/C17H19F2N/c1-20-17(13-7-3-2-4-8-13)12-5-9-14-15(18)10-6-11-16(14)19/h2-4,6-8,10-11,17,20H,5,9,12H2,1H3. The van der Waals surface area contributed by atoms with Crippen molar-refractivity contribution >= 4 is 0 Å². The van der Waals surface area contributed by atoms with Crippen LogP contribution in [0, 0.1) is 11.6 Å². The van der Waals surface area contributed by atoms with Crippen LogP contribution in [-0.2, 0) is 6.42 Å². The molecule has 1 atom stereocenters. The molecule has 1 N–H and O–H groups in total. The van der Waals surface area contributed by atoms with Gasteiger partial charge in [-0.15, -0.1) is 0 Å². The van der Waals surface area contributed by atoms with Crippen molar-refractivity contribution in [3.63, 3.8) is 0 Å². The van der Waals surface area contributed by atoms with Crippen molar-refractivity contribution in [2.24, 2.45) is 0 Å². The van der Waals surface area contributed by atoms with Crippen LogP contribution in [0.4, 0.5) is 8.78 Å². The SMILES string of the molecule is CNC(CCCc1c(F)cccc1F)c1ccccc1.